The number of rotatable bonds is 4. The van der Waals surface area contributed by atoms with Crippen LogP contribution in [0.2, 0.25) is 0 Å². The molecule has 1 N–H and O–H groups in total. The number of ether oxygens (including phenoxy) is 3. The zero-order chi connectivity index (χ0) is 14.6. The van der Waals surface area contributed by atoms with Crippen LogP contribution in [-0.2, 0) is 19.0 Å². The van der Waals surface area contributed by atoms with Gasteiger partial charge in [-0.15, -0.1) is 0 Å². The van der Waals surface area contributed by atoms with Gasteiger partial charge >= 0.3 is 5.97 Å². The summed E-state index contributed by atoms with van der Waals surface area (Å²) < 4.78 is 16.6. The van der Waals surface area contributed by atoms with Crippen LogP contribution >= 0.6 is 0 Å². The molecule has 0 amide bonds. The minimum atomic E-state index is -1.10. The van der Waals surface area contributed by atoms with Crippen LogP contribution in [0.1, 0.15) is 51.9 Å². The molecule has 2 fully saturated rings. The molecule has 0 spiro atoms. The van der Waals surface area contributed by atoms with Crippen LogP contribution in [0, 0.1) is 0 Å². The van der Waals surface area contributed by atoms with E-state index in [1.54, 1.807) is 6.92 Å². The molecule has 0 aromatic rings. The molecule has 2 rings (SSSR count). The highest BCUT2D eigenvalue weighted by Gasteiger charge is 2.39. The van der Waals surface area contributed by atoms with Crippen LogP contribution in [0.5, 0.6) is 0 Å². The van der Waals surface area contributed by atoms with E-state index in [0.717, 1.165) is 32.1 Å². The van der Waals surface area contributed by atoms with Crippen molar-refractivity contribution in [1.82, 2.24) is 0 Å². The quantitative estimate of drug-likeness (QED) is 0.487. The molecular weight excluding hydrogens is 260 g/mol. The second kappa shape index (κ2) is 6.70. The van der Waals surface area contributed by atoms with Crippen LogP contribution in [0.4, 0.5) is 0 Å². The highest BCUT2D eigenvalue weighted by Crippen LogP contribution is 2.33. The molecule has 0 aromatic heterocycles. The number of carbonyl (C=O) groups excluding carboxylic acids is 1. The predicted molar refractivity (Wildman–Crippen MR) is 72.8 cm³/mol. The Bertz CT molecular complexity index is 359. The van der Waals surface area contributed by atoms with Crippen molar-refractivity contribution < 1.29 is 24.1 Å². The lowest BCUT2D eigenvalue weighted by Crippen LogP contribution is -2.47. The van der Waals surface area contributed by atoms with Crippen molar-refractivity contribution in [3.05, 3.63) is 12.2 Å². The van der Waals surface area contributed by atoms with Crippen molar-refractivity contribution in [2.24, 2.45) is 0 Å². The van der Waals surface area contributed by atoms with Crippen LogP contribution in [-0.4, -0.2) is 35.9 Å². The van der Waals surface area contributed by atoms with Crippen LogP contribution in [0.25, 0.3) is 0 Å². The normalized spacial score (nSPS) is 29.7. The number of carbonyl (C=O) groups is 1. The van der Waals surface area contributed by atoms with Gasteiger partial charge < -0.3 is 19.3 Å². The minimum Gasteiger partial charge on any atom is -0.430 e. The summed E-state index contributed by atoms with van der Waals surface area (Å²) >= 11 is 0. The largest absolute Gasteiger partial charge is 0.430 e. The summed E-state index contributed by atoms with van der Waals surface area (Å²) in [5.41, 5.74) is 0.328. The van der Waals surface area contributed by atoms with E-state index in [1.807, 2.05) is 0 Å². The maximum atomic E-state index is 11.6. The van der Waals surface area contributed by atoms with Crippen LogP contribution in [0.3, 0.4) is 0 Å². The zero-order valence-corrected chi connectivity index (χ0v) is 12.1. The molecule has 0 bridgehead atoms. The Balaban J connectivity index is 1.95. The van der Waals surface area contributed by atoms with Gasteiger partial charge in [0.15, 0.2) is 5.79 Å². The maximum Gasteiger partial charge on any atom is 0.335 e. The van der Waals surface area contributed by atoms with Gasteiger partial charge in [0.05, 0.1) is 6.61 Å². The van der Waals surface area contributed by atoms with E-state index in [-0.39, 0.29) is 0 Å². The summed E-state index contributed by atoms with van der Waals surface area (Å²) in [4.78, 5) is 11.6. The molecule has 5 nitrogen and oxygen atoms in total. The van der Waals surface area contributed by atoms with Crippen molar-refractivity contribution in [1.29, 1.82) is 0 Å². The molecule has 1 heterocycles. The van der Waals surface area contributed by atoms with Gasteiger partial charge in [0.1, 0.15) is 6.10 Å². The van der Waals surface area contributed by atoms with E-state index in [4.69, 9.17) is 14.2 Å². The Morgan fingerprint density at radius 3 is 2.65 bits per heavy atom. The number of hydrogen-bond donors (Lipinski definition) is 1. The van der Waals surface area contributed by atoms with E-state index in [2.05, 4.69) is 6.58 Å². The standard InChI is InChI=1S/C15H24O5/c1-11(2)13(16)19-14-12(7-6-10-18-14)20-15(17)8-4-3-5-9-15/h12,14,17H,1,3-10H2,2H3. The monoisotopic (exact) mass is 284 g/mol. The average molecular weight is 284 g/mol. The Kier molecular flexibility index (Phi) is 5.18. The van der Waals surface area contributed by atoms with E-state index in [1.165, 1.54) is 0 Å². The van der Waals surface area contributed by atoms with Gasteiger partial charge in [-0.05, 0) is 32.6 Å². The van der Waals surface area contributed by atoms with E-state index >= 15 is 0 Å². The smallest absolute Gasteiger partial charge is 0.335 e. The van der Waals surface area contributed by atoms with Crippen molar-refractivity contribution >= 4 is 5.97 Å². The number of hydrogen-bond acceptors (Lipinski definition) is 5. The van der Waals surface area contributed by atoms with Gasteiger partial charge in [0.2, 0.25) is 6.29 Å². The van der Waals surface area contributed by atoms with E-state index in [0.29, 0.717) is 25.0 Å². The Labute approximate surface area is 119 Å². The topological polar surface area (TPSA) is 65.0 Å². The molecular formula is C15H24O5. The van der Waals surface area contributed by atoms with Gasteiger partial charge in [-0.1, -0.05) is 13.0 Å². The highest BCUT2D eigenvalue weighted by atomic mass is 16.7. The van der Waals surface area contributed by atoms with Gasteiger partial charge in [-0.3, -0.25) is 0 Å². The molecule has 2 aliphatic rings. The highest BCUT2D eigenvalue weighted by molar-refractivity contribution is 5.87. The average Bonchev–Trinajstić information content (AvgIpc) is 2.41. The van der Waals surface area contributed by atoms with Gasteiger partial charge in [0, 0.05) is 18.4 Å². The minimum absolute atomic E-state index is 0.328. The summed E-state index contributed by atoms with van der Waals surface area (Å²) in [5.74, 6) is -1.58. The first kappa shape index (κ1) is 15.5. The van der Waals surface area contributed by atoms with Crippen LogP contribution < -0.4 is 0 Å². The second-order valence-corrected chi connectivity index (χ2v) is 5.73. The summed E-state index contributed by atoms with van der Waals surface area (Å²) in [6.45, 7) is 5.68. The van der Waals surface area contributed by atoms with Crippen molar-refractivity contribution in [2.45, 2.75) is 70.1 Å². The number of aliphatic hydroxyl groups is 1. The molecule has 2 atom stereocenters. The molecule has 114 valence electrons. The van der Waals surface area contributed by atoms with E-state index in [9.17, 15) is 9.90 Å². The Morgan fingerprint density at radius 2 is 2.00 bits per heavy atom. The molecule has 1 aliphatic carbocycles. The molecule has 20 heavy (non-hydrogen) atoms. The van der Waals surface area contributed by atoms with E-state index < -0.39 is 24.2 Å². The van der Waals surface area contributed by atoms with Crippen LogP contribution in [0.15, 0.2) is 12.2 Å². The lowest BCUT2D eigenvalue weighted by molar-refractivity contribution is -0.303. The summed E-state index contributed by atoms with van der Waals surface area (Å²) in [6, 6.07) is 0. The molecule has 5 heteroatoms. The summed E-state index contributed by atoms with van der Waals surface area (Å²) in [7, 11) is 0. The molecule has 0 radical (unpaired) electrons. The third-order valence-electron chi connectivity index (χ3n) is 3.80. The van der Waals surface area contributed by atoms with Crippen molar-refractivity contribution in [3.63, 3.8) is 0 Å². The molecule has 1 saturated heterocycles. The Morgan fingerprint density at radius 1 is 1.30 bits per heavy atom. The lowest BCUT2D eigenvalue weighted by Gasteiger charge is -2.39. The third-order valence-corrected chi connectivity index (χ3v) is 3.80. The third kappa shape index (κ3) is 4.04. The fourth-order valence-corrected chi connectivity index (χ4v) is 2.66. The lowest BCUT2D eigenvalue weighted by atomic mass is 9.94. The number of esters is 1. The second-order valence-electron chi connectivity index (χ2n) is 5.73. The fourth-order valence-electron chi connectivity index (χ4n) is 2.66. The summed E-state index contributed by atoms with van der Waals surface area (Å²) in [5, 5.41) is 10.4. The van der Waals surface area contributed by atoms with Crippen molar-refractivity contribution in [2.75, 3.05) is 6.61 Å². The molecule has 1 aliphatic heterocycles. The summed E-state index contributed by atoms with van der Waals surface area (Å²) in [6.07, 6.45) is 4.70. The van der Waals surface area contributed by atoms with Crippen molar-refractivity contribution in [3.8, 4) is 0 Å². The molecule has 0 aromatic carbocycles. The van der Waals surface area contributed by atoms with Gasteiger partial charge in [-0.2, -0.15) is 0 Å². The Hall–Kier alpha value is -0.910. The fraction of sp³-hybridized carbons (Fsp3) is 0.800. The zero-order valence-electron chi connectivity index (χ0n) is 12.1. The molecule has 1 saturated carbocycles. The molecule has 2 unspecified atom stereocenters. The predicted octanol–water partition coefficient (Wildman–Crippen LogP) is 2.28. The maximum absolute atomic E-state index is 11.6. The van der Waals surface area contributed by atoms with Gasteiger partial charge in [0.25, 0.3) is 0 Å². The first-order valence-corrected chi connectivity index (χ1v) is 7.38. The first-order valence-electron chi connectivity index (χ1n) is 7.38. The van der Waals surface area contributed by atoms with Gasteiger partial charge in [-0.25, -0.2) is 4.79 Å². The SMILES string of the molecule is C=C(C)C(=O)OC1OCCCC1OC1(O)CCCCC1. The first-order chi connectivity index (χ1) is 9.50.